The maximum Gasteiger partial charge on any atom is 0.191 e. The topological polar surface area (TPSA) is 45.6 Å². The van der Waals surface area contributed by atoms with E-state index in [9.17, 15) is 4.39 Å². The van der Waals surface area contributed by atoms with Gasteiger partial charge < -0.3 is 15.4 Å². The van der Waals surface area contributed by atoms with Gasteiger partial charge in [0.2, 0.25) is 0 Å². The predicted molar refractivity (Wildman–Crippen MR) is 120 cm³/mol. The second kappa shape index (κ2) is 11.9. The minimum absolute atomic E-state index is 0. The zero-order valence-electron chi connectivity index (χ0n) is 16.4. The Balaban J connectivity index is 0.00000364. The molecule has 6 heteroatoms. The molecule has 1 unspecified atom stereocenters. The van der Waals surface area contributed by atoms with Crippen molar-refractivity contribution >= 4 is 29.9 Å². The number of guanidine groups is 1. The second-order valence-corrected chi connectivity index (χ2v) is 6.21. The van der Waals surface area contributed by atoms with Gasteiger partial charge in [0.1, 0.15) is 5.82 Å². The van der Waals surface area contributed by atoms with E-state index in [1.165, 1.54) is 0 Å². The Hall–Kier alpha value is -1.67. The number of hydrogen-bond acceptors (Lipinski definition) is 2. The third kappa shape index (κ3) is 7.10. The Kier molecular flexibility index (Phi) is 10.3. The van der Waals surface area contributed by atoms with Crippen molar-refractivity contribution in [1.82, 2.24) is 10.6 Å². The monoisotopic (exact) mass is 485 g/mol. The molecule has 2 rings (SSSR count). The van der Waals surface area contributed by atoms with E-state index in [1.54, 1.807) is 26.1 Å². The summed E-state index contributed by atoms with van der Waals surface area (Å²) in [4.78, 5) is 4.27. The number of benzene rings is 2. The molecule has 148 valence electrons. The number of nitrogens with one attached hydrogen (secondary N) is 2. The lowest BCUT2D eigenvalue weighted by Gasteiger charge is -2.19. The summed E-state index contributed by atoms with van der Waals surface area (Å²) in [7, 11) is 1.73. The highest BCUT2D eigenvalue weighted by atomic mass is 127. The van der Waals surface area contributed by atoms with E-state index in [2.05, 4.69) is 27.8 Å². The summed E-state index contributed by atoms with van der Waals surface area (Å²) in [5.41, 5.74) is 3.85. The molecule has 1 atom stereocenters. The molecule has 0 heterocycles. The first kappa shape index (κ1) is 23.4. The van der Waals surface area contributed by atoms with Crippen molar-refractivity contribution in [2.45, 2.75) is 40.0 Å². The molecule has 0 aliphatic rings. The van der Waals surface area contributed by atoms with Crippen LogP contribution in [-0.2, 0) is 17.9 Å². The number of nitrogens with zero attached hydrogens (tertiary/aromatic N) is 1. The molecule has 2 aromatic carbocycles. The summed E-state index contributed by atoms with van der Waals surface area (Å²) < 4.78 is 19.3. The van der Waals surface area contributed by atoms with E-state index >= 15 is 0 Å². The molecule has 0 radical (unpaired) electrons. The summed E-state index contributed by atoms with van der Waals surface area (Å²) in [6.07, 6.45) is 0. The number of halogens is 2. The second-order valence-electron chi connectivity index (χ2n) is 6.21. The van der Waals surface area contributed by atoms with Crippen molar-refractivity contribution in [3.05, 3.63) is 70.5 Å². The van der Waals surface area contributed by atoms with Crippen LogP contribution in [0.3, 0.4) is 0 Å². The third-order valence-corrected chi connectivity index (χ3v) is 4.30. The summed E-state index contributed by atoms with van der Waals surface area (Å²) in [6.45, 7) is 7.66. The molecule has 27 heavy (non-hydrogen) atoms. The van der Waals surface area contributed by atoms with Gasteiger partial charge in [-0.2, -0.15) is 0 Å². The smallest absolute Gasteiger partial charge is 0.191 e. The number of ether oxygens (including phenoxy) is 1. The highest BCUT2D eigenvalue weighted by Gasteiger charge is 2.10. The zero-order valence-corrected chi connectivity index (χ0v) is 18.7. The van der Waals surface area contributed by atoms with Crippen molar-refractivity contribution in [3.63, 3.8) is 0 Å². The summed E-state index contributed by atoms with van der Waals surface area (Å²) in [5, 5.41) is 6.62. The first-order valence-corrected chi connectivity index (χ1v) is 8.93. The highest BCUT2D eigenvalue weighted by molar-refractivity contribution is 14.0. The summed E-state index contributed by atoms with van der Waals surface area (Å²) in [6, 6.07) is 13.4. The summed E-state index contributed by atoms with van der Waals surface area (Å²) >= 11 is 0. The minimum Gasteiger partial charge on any atom is -0.377 e. The molecule has 4 nitrogen and oxygen atoms in total. The molecule has 2 aromatic rings. The van der Waals surface area contributed by atoms with Crippen LogP contribution in [0.25, 0.3) is 0 Å². The standard InChI is InChI=1S/C21H28FN3O.HI/c1-5-26-14-19-9-7-6-8-18(19)13-24-21(23-4)25-16(3)17-11-10-15(2)20(22)12-17;/h6-12,16H,5,13-14H2,1-4H3,(H2,23,24,25);1H. The lowest BCUT2D eigenvalue weighted by molar-refractivity contribution is 0.133. The van der Waals surface area contributed by atoms with Crippen LogP contribution in [0.15, 0.2) is 47.5 Å². The SMILES string of the molecule is CCOCc1ccccc1CNC(=NC)NC(C)c1ccc(C)c(F)c1.I. The minimum atomic E-state index is -0.191. The molecule has 0 aliphatic carbocycles. The van der Waals surface area contributed by atoms with Gasteiger partial charge >= 0.3 is 0 Å². The van der Waals surface area contributed by atoms with Gasteiger partial charge in [0.15, 0.2) is 5.96 Å². The fourth-order valence-electron chi connectivity index (χ4n) is 2.62. The first-order valence-electron chi connectivity index (χ1n) is 8.93. The van der Waals surface area contributed by atoms with Crippen molar-refractivity contribution < 1.29 is 9.13 Å². The van der Waals surface area contributed by atoms with Crippen molar-refractivity contribution in [1.29, 1.82) is 0 Å². The Labute approximate surface area is 178 Å². The van der Waals surface area contributed by atoms with Gasteiger partial charge in [0.25, 0.3) is 0 Å². The summed E-state index contributed by atoms with van der Waals surface area (Å²) in [5.74, 6) is 0.480. The van der Waals surface area contributed by atoms with E-state index in [4.69, 9.17) is 4.74 Å². The van der Waals surface area contributed by atoms with E-state index in [0.29, 0.717) is 31.3 Å². The molecule has 0 bridgehead atoms. The average molecular weight is 485 g/mol. The highest BCUT2D eigenvalue weighted by Crippen LogP contribution is 2.16. The Morgan fingerprint density at radius 3 is 2.52 bits per heavy atom. The molecule has 0 saturated heterocycles. The molecule has 0 aromatic heterocycles. The van der Waals surface area contributed by atoms with Crippen LogP contribution in [0.4, 0.5) is 4.39 Å². The van der Waals surface area contributed by atoms with Crippen LogP contribution in [-0.4, -0.2) is 19.6 Å². The number of rotatable bonds is 7. The van der Waals surface area contributed by atoms with E-state index < -0.39 is 0 Å². The Bertz CT molecular complexity index is 752. The maximum atomic E-state index is 13.8. The molecular weight excluding hydrogens is 456 g/mol. The van der Waals surface area contributed by atoms with Crippen LogP contribution in [0.5, 0.6) is 0 Å². The molecule has 0 aliphatic heterocycles. The number of hydrogen-bond donors (Lipinski definition) is 2. The van der Waals surface area contributed by atoms with Crippen LogP contribution in [0.2, 0.25) is 0 Å². The molecular formula is C21H29FIN3O. The first-order chi connectivity index (χ1) is 12.5. The van der Waals surface area contributed by atoms with E-state index in [1.807, 2.05) is 32.0 Å². The number of aliphatic imine (C=N–C) groups is 1. The van der Waals surface area contributed by atoms with Crippen molar-refractivity contribution in [2.24, 2.45) is 4.99 Å². The van der Waals surface area contributed by atoms with Gasteiger partial charge in [-0.25, -0.2) is 4.39 Å². The zero-order chi connectivity index (χ0) is 18.9. The lowest BCUT2D eigenvalue weighted by Crippen LogP contribution is -2.38. The van der Waals surface area contributed by atoms with Gasteiger partial charge in [-0.05, 0) is 49.1 Å². The van der Waals surface area contributed by atoms with Gasteiger partial charge in [-0.15, -0.1) is 24.0 Å². The Morgan fingerprint density at radius 1 is 1.19 bits per heavy atom. The van der Waals surface area contributed by atoms with Crippen molar-refractivity contribution in [2.75, 3.05) is 13.7 Å². The van der Waals surface area contributed by atoms with Crippen molar-refractivity contribution in [3.8, 4) is 0 Å². The maximum absolute atomic E-state index is 13.8. The molecule has 0 spiro atoms. The van der Waals surface area contributed by atoms with Gasteiger partial charge in [0.05, 0.1) is 12.6 Å². The largest absolute Gasteiger partial charge is 0.377 e. The van der Waals surface area contributed by atoms with Crippen LogP contribution < -0.4 is 10.6 Å². The van der Waals surface area contributed by atoms with Crippen LogP contribution in [0, 0.1) is 12.7 Å². The fraction of sp³-hybridized carbons (Fsp3) is 0.381. The fourth-order valence-corrected chi connectivity index (χ4v) is 2.62. The average Bonchev–Trinajstić information content (AvgIpc) is 2.66. The van der Waals surface area contributed by atoms with Crippen LogP contribution in [0.1, 0.15) is 42.1 Å². The lowest BCUT2D eigenvalue weighted by atomic mass is 10.1. The Morgan fingerprint density at radius 2 is 1.89 bits per heavy atom. The van der Waals surface area contributed by atoms with Gasteiger partial charge in [-0.3, -0.25) is 4.99 Å². The number of aryl methyl sites for hydroxylation is 1. The molecule has 2 N–H and O–H groups in total. The molecule has 0 amide bonds. The predicted octanol–water partition coefficient (Wildman–Crippen LogP) is 4.71. The molecule has 0 fully saturated rings. The van der Waals surface area contributed by atoms with Gasteiger partial charge in [-0.1, -0.05) is 36.4 Å². The third-order valence-electron chi connectivity index (χ3n) is 4.30. The quantitative estimate of drug-likeness (QED) is 0.339. The van der Waals surface area contributed by atoms with Gasteiger partial charge in [0, 0.05) is 20.2 Å². The normalized spacial score (nSPS) is 12.3. The van der Waals surface area contributed by atoms with E-state index in [-0.39, 0.29) is 35.8 Å². The van der Waals surface area contributed by atoms with Crippen LogP contribution >= 0.6 is 24.0 Å². The van der Waals surface area contributed by atoms with E-state index in [0.717, 1.165) is 16.7 Å². The molecule has 0 saturated carbocycles.